The van der Waals surface area contributed by atoms with Crippen molar-refractivity contribution >= 4 is 15.9 Å². The van der Waals surface area contributed by atoms with Crippen LogP contribution in [0.2, 0.25) is 0 Å². The summed E-state index contributed by atoms with van der Waals surface area (Å²) in [6.07, 6.45) is 4.90. The number of benzene rings is 1. The van der Waals surface area contributed by atoms with Crippen LogP contribution in [0.25, 0.3) is 0 Å². The predicted molar refractivity (Wildman–Crippen MR) is 102 cm³/mol. The van der Waals surface area contributed by atoms with Crippen molar-refractivity contribution in [3.63, 3.8) is 0 Å². The number of carbonyl (C=O) groups is 1. The minimum atomic E-state index is -3.53. The number of sulfonamides is 1. The first kappa shape index (κ1) is 19.3. The summed E-state index contributed by atoms with van der Waals surface area (Å²) in [6.45, 7) is 4.35. The minimum absolute atomic E-state index is 0.0757. The van der Waals surface area contributed by atoms with Gasteiger partial charge in [-0.25, -0.2) is 8.42 Å². The van der Waals surface area contributed by atoms with E-state index in [9.17, 15) is 13.2 Å². The molecule has 1 aromatic rings. The highest BCUT2D eigenvalue weighted by Gasteiger charge is 2.26. The second kappa shape index (κ2) is 8.50. The van der Waals surface area contributed by atoms with Gasteiger partial charge >= 0.3 is 0 Å². The second-order valence-corrected chi connectivity index (χ2v) is 9.23. The summed E-state index contributed by atoms with van der Waals surface area (Å²) in [5.74, 6) is -0.0757. The maximum atomic E-state index is 13.0. The lowest BCUT2D eigenvalue weighted by molar-refractivity contribution is 0.0762. The van der Waals surface area contributed by atoms with Crippen molar-refractivity contribution in [1.82, 2.24) is 14.1 Å². The number of rotatable bonds is 3. The number of likely N-dealkylation sites (N-methyl/N-ethyl adjacent to an activating group) is 1. The summed E-state index contributed by atoms with van der Waals surface area (Å²) in [7, 11) is -1.48. The van der Waals surface area contributed by atoms with E-state index in [-0.39, 0.29) is 10.8 Å². The summed E-state index contributed by atoms with van der Waals surface area (Å²) >= 11 is 0. The SMILES string of the molecule is CN1CCCN(C(=O)c2cccc(S(=O)(=O)N3CCCCCC3)c2)CC1. The predicted octanol–water partition coefficient (Wildman–Crippen LogP) is 2.03. The number of amides is 1. The average Bonchev–Trinajstić information content (AvgIpc) is 3.04. The van der Waals surface area contributed by atoms with Crippen LogP contribution in [0.4, 0.5) is 0 Å². The molecule has 3 rings (SSSR count). The highest BCUT2D eigenvalue weighted by atomic mass is 32.2. The molecule has 6 nitrogen and oxygen atoms in total. The third-order valence-corrected chi connectivity index (χ3v) is 7.19. The highest BCUT2D eigenvalue weighted by Crippen LogP contribution is 2.22. The first-order valence-corrected chi connectivity index (χ1v) is 11.0. The molecule has 7 heteroatoms. The van der Waals surface area contributed by atoms with Gasteiger partial charge in [0.25, 0.3) is 5.91 Å². The quantitative estimate of drug-likeness (QED) is 0.806. The monoisotopic (exact) mass is 379 g/mol. The van der Waals surface area contributed by atoms with E-state index in [1.165, 1.54) is 0 Å². The van der Waals surface area contributed by atoms with Gasteiger partial charge in [0.2, 0.25) is 10.0 Å². The highest BCUT2D eigenvalue weighted by molar-refractivity contribution is 7.89. The lowest BCUT2D eigenvalue weighted by Gasteiger charge is -2.22. The van der Waals surface area contributed by atoms with Crippen LogP contribution in [-0.2, 0) is 10.0 Å². The Morgan fingerprint density at radius 1 is 0.885 bits per heavy atom. The van der Waals surface area contributed by atoms with Crippen LogP contribution in [0.5, 0.6) is 0 Å². The lowest BCUT2D eigenvalue weighted by Crippen LogP contribution is -2.35. The van der Waals surface area contributed by atoms with E-state index in [2.05, 4.69) is 11.9 Å². The zero-order valence-electron chi connectivity index (χ0n) is 15.6. The molecule has 0 aliphatic carbocycles. The van der Waals surface area contributed by atoms with Crippen molar-refractivity contribution < 1.29 is 13.2 Å². The van der Waals surface area contributed by atoms with Crippen LogP contribution >= 0.6 is 0 Å². The molecule has 0 atom stereocenters. The van der Waals surface area contributed by atoms with Crippen LogP contribution < -0.4 is 0 Å². The molecule has 26 heavy (non-hydrogen) atoms. The summed E-state index contributed by atoms with van der Waals surface area (Å²) in [4.78, 5) is 17.2. The smallest absolute Gasteiger partial charge is 0.253 e. The minimum Gasteiger partial charge on any atom is -0.337 e. The second-order valence-electron chi connectivity index (χ2n) is 7.30. The molecular weight excluding hydrogens is 350 g/mol. The van der Waals surface area contributed by atoms with E-state index in [1.807, 2.05) is 4.90 Å². The standard InChI is InChI=1S/C19H29N3O3S/c1-20-10-7-11-21(15-14-20)19(23)17-8-6-9-18(16-17)26(24,25)22-12-4-2-3-5-13-22/h6,8-9,16H,2-5,7,10-15H2,1H3. The summed E-state index contributed by atoms with van der Waals surface area (Å²) in [5.41, 5.74) is 0.463. The fraction of sp³-hybridized carbons (Fsp3) is 0.632. The zero-order valence-corrected chi connectivity index (χ0v) is 16.4. The third-order valence-electron chi connectivity index (χ3n) is 5.29. The van der Waals surface area contributed by atoms with Gasteiger partial charge in [-0.3, -0.25) is 4.79 Å². The van der Waals surface area contributed by atoms with Gasteiger partial charge in [-0.2, -0.15) is 4.31 Å². The largest absolute Gasteiger partial charge is 0.337 e. The molecule has 0 aromatic heterocycles. The Labute approximate surface area is 156 Å². The molecule has 2 aliphatic rings. The topological polar surface area (TPSA) is 60.9 Å². The summed E-state index contributed by atoms with van der Waals surface area (Å²) in [5, 5.41) is 0. The lowest BCUT2D eigenvalue weighted by atomic mass is 10.2. The van der Waals surface area contributed by atoms with Gasteiger partial charge in [-0.1, -0.05) is 18.9 Å². The first-order chi connectivity index (χ1) is 12.5. The third kappa shape index (κ3) is 4.45. The van der Waals surface area contributed by atoms with Crippen LogP contribution in [0.3, 0.4) is 0 Å². The van der Waals surface area contributed by atoms with E-state index < -0.39 is 10.0 Å². The van der Waals surface area contributed by atoms with Crippen LogP contribution in [0, 0.1) is 0 Å². The number of hydrogen-bond acceptors (Lipinski definition) is 4. The fourth-order valence-corrected chi connectivity index (χ4v) is 5.22. The average molecular weight is 380 g/mol. The molecule has 2 saturated heterocycles. The fourth-order valence-electron chi connectivity index (χ4n) is 3.65. The van der Waals surface area contributed by atoms with Gasteiger partial charge < -0.3 is 9.80 Å². The van der Waals surface area contributed by atoms with Crippen molar-refractivity contribution in [2.24, 2.45) is 0 Å². The molecule has 2 heterocycles. The van der Waals surface area contributed by atoms with Crippen LogP contribution in [0.15, 0.2) is 29.2 Å². The Hall–Kier alpha value is -1.44. The molecule has 0 unspecified atom stereocenters. The molecule has 1 amide bonds. The van der Waals surface area contributed by atoms with Crippen molar-refractivity contribution in [2.45, 2.75) is 37.0 Å². The van der Waals surface area contributed by atoms with Crippen molar-refractivity contribution in [2.75, 3.05) is 46.3 Å². The van der Waals surface area contributed by atoms with E-state index in [0.29, 0.717) is 31.7 Å². The molecule has 0 bridgehead atoms. The molecule has 1 aromatic carbocycles. The van der Waals surface area contributed by atoms with Crippen molar-refractivity contribution in [1.29, 1.82) is 0 Å². The Morgan fingerprint density at radius 3 is 2.35 bits per heavy atom. The van der Waals surface area contributed by atoms with Crippen LogP contribution in [-0.4, -0.2) is 74.7 Å². The van der Waals surface area contributed by atoms with Gasteiger partial charge in [0.1, 0.15) is 0 Å². The van der Waals surface area contributed by atoms with Crippen LogP contribution in [0.1, 0.15) is 42.5 Å². The zero-order chi connectivity index (χ0) is 18.6. The van der Waals surface area contributed by atoms with Gasteiger partial charge in [0, 0.05) is 38.3 Å². The normalized spacial score (nSPS) is 21.2. The molecular formula is C19H29N3O3S. The van der Waals surface area contributed by atoms with Gasteiger partial charge in [-0.05, 0) is 51.1 Å². The van der Waals surface area contributed by atoms with Crippen molar-refractivity contribution in [3.8, 4) is 0 Å². The van der Waals surface area contributed by atoms with Gasteiger partial charge in [-0.15, -0.1) is 0 Å². The molecule has 0 spiro atoms. The molecule has 144 valence electrons. The van der Waals surface area contributed by atoms with E-state index in [0.717, 1.165) is 45.2 Å². The molecule has 2 aliphatic heterocycles. The number of carbonyl (C=O) groups excluding carboxylic acids is 1. The molecule has 2 fully saturated rings. The maximum Gasteiger partial charge on any atom is 0.253 e. The van der Waals surface area contributed by atoms with Gasteiger partial charge in [0.05, 0.1) is 4.90 Å². The summed E-state index contributed by atoms with van der Waals surface area (Å²) < 4.78 is 27.5. The molecule has 0 N–H and O–H groups in total. The Bertz CT molecular complexity index is 727. The summed E-state index contributed by atoms with van der Waals surface area (Å²) in [6, 6.07) is 6.56. The van der Waals surface area contributed by atoms with E-state index in [1.54, 1.807) is 28.6 Å². The van der Waals surface area contributed by atoms with Crippen molar-refractivity contribution in [3.05, 3.63) is 29.8 Å². The number of nitrogens with zero attached hydrogens (tertiary/aromatic N) is 3. The van der Waals surface area contributed by atoms with Gasteiger partial charge in [0.15, 0.2) is 0 Å². The molecule has 0 saturated carbocycles. The molecule has 0 radical (unpaired) electrons. The maximum absolute atomic E-state index is 13.0. The number of hydrogen-bond donors (Lipinski definition) is 0. The Balaban J connectivity index is 1.79. The van der Waals surface area contributed by atoms with E-state index in [4.69, 9.17) is 0 Å². The Morgan fingerprint density at radius 2 is 1.62 bits per heavy atom. The first-order valence-electron chi connectivity index (χ1n) is 9.56. The Kier molecular flexibility index (Phi) is 6.32. The van der Waals surface area contributed by atoms with E-state index >= 15 is 0 Å².